The molecule has 1 atom stereocenters. The summed E-state index contributed by atoms with van der Waals surface area (Å²) in [5.74, 6) is -0.752. The van der Waals surface area contributed by atoms with E-state index in [-0.39, 0.29) is 30.5 Å². The molecule has 0 radical (unpaired) electrons. The zero-order chi connectivity index (χ0) is 28.2. The van der Waals surface area contributed by atoms with Crippen molar-refractivity contribution in [3.8, 4) is 11.1 Å². The van der Waals surface area contributed by atoms with E-state index in [1.807, 2.05) is 0 Å². The number of hydrogen-bond acceptors (Lipinski definition) is 5. The molecule has 0 spiro atoms. The minimum Gasteiger partial charge on any atom is -0.466 e. The highest BCUT2D eigenvalue weighted by Crippen LogP contribution is 2.33. The van der Waals surface area contributed by atoms with Crippen molar-refractivity contribution in [3.63, 3.8) is 0 Å². The molecule has 0 aliphatic carbocycles. The van der Waals surface area contributed by atoms with Crippen LogP contribution in [0.5, 0.6) is 0 Å². The maximum atomic E-state index is 13.5. The normalized spacial score (nSPS) is 15.0. The molecule has 0 aromatic heterocycles. The van der Waals surface area contributed by atoms with E-state index in [1.54, 1.807) is 54.3 Å². The van der Waals surface area contributed by atoms with Gasteiger partial charge in [0.25, 0.3) is 0 Å². The molecule has 2 N–H and O–H groups in total. The first-order valence-corrected chi connectivity index (χ1v) is 12.7. The third kappa shape index (κ3) is 6.37. The minimum atomic E-state index is -4.44. The van der Waals surface area contributed by atoms with Crippen molar-refractivity contribution < 1.29 is 32.3 Å². The predicted octanol–water partition coefficient (Wildman–Crippen LogP) is 5.68. The number of ether oxygens (including phenoxy) is 1. The fraction of sp³-hybridized carbons (Fsp3) is 0.300. The number of rotatable bonds is 8. The molecule has 6 nitrogen and oxygen atoms in total. The van der Waals surface area contributed by atoms with E-state index in [4.69, 9.17) is 10.5 Å². The maximum Gasteiger partial charge on any atom is 0.416 e. The number of benzene rings is 3. The quantitative estimate of drug-likeness (QED) is 0.295. The van der Waals surface area contributed by atoms with Gasteiger partial charge in [-0.1, -0.05) is 48.5 Å². The fourth-order valence-corrected chi connectivity index (χ4v) is 4.77. The molecule has 0 saturated heterocycles. The topological polar surface area (TPSA) is 89.7 Å². The Hall–Kier alpha value is -3.98. The summed E-state index contributed by atoms with van der Waals surface area (Å²) in [6.45, 7) is 2.40. The second-order valence-corrected chi connectivity index (χ2v) is 9.30. The summed E-state index contributed by atoms with van der Waals surface area (Å²) in [7, 11) is 0. The predicted molar refractivity (Wildman–Crippen MR) is 140 cm³/mol. The monoisotopic (exact) mass is 538 g/mol. The van der Waals surface area contributed by atoms with Crippen LogP contribution in [0.4, 0.5) is 13.2 Å². The lowest BCUT2D eigenvalue weighted by Crippen LogP contribution is -2.44. The van der Waals surface area contributed by atoms with E-state index >= 15 is 0 Å². The highest BCUT2D eigenvalue weighted by molar-refractivity contribution is 6.13. The van der Waals surface area contributed by atoms with Crippen LogP contribution in [-0.4, -0.2) is 35.7 Å². The van der Waals surface area contributed by atoms with Crippen LogP contribution in [0.15, 0.2) is 66.7 Å². The molecule has 0 bridgehead atoms. The first-order chi connectivity index (χ1) is 18.6. The van der Waals surface area contributed by atoms with E-state index in [2.05, 4.69) is 0 Å². The number of alkyl halides is 3. The van der Waals surface area contributed by atoms with Gasteiger partial charge in [0.05, 0.1) is 12.2 Å². The summed E-state index contributed by atoms with van der Waals surface area (Å²) in [4.78, 5) is 39.4. The lowest BCUT2D eigenvalue weighted by atomic mass is 9.90. The molecule has 1 heterocycles. The van der Waals surface area contributed by atoms with Gasteiger partial charge in [-0.15, -0.1) is 0 Å². The van der Waals surface area contributed by atoms with Crippen LogP contribution in [-0.2, 0) is 26.9 Å². The molecule has 4 rings (SSSR count). The van der Waals surface area contributed by atoms with Crippen LogP contribution < -0.4 is 5.73 Å². The van der Waals surface area contributed by atoms with Gasteiger partial charge in [-0.3, -0.25) is 14.4 Å². The molecule has 9 heteroatoms. The molecule has 1 aliphatic heterocycles. The fourth-order valence-electron chi connectivity index (χ4n) is 4.77. The first kappa shape index (κ1) is 28.0. The summed E-state index contributed by atoms with van der Waals surface area (Å²) in [6.07, 6.45) is -3.89. The number of halogens is 3. The number of fused-ring (bicyclic) bond motifs is 1. The van der Waals surface area contributed by atoms with E-state index in [9.17, 15) is 27.6 Å². The molecule has 0 fully saturated rings. The molecule has 3 aromatic carbocycles. The Balaban J connectivity index is 1.50. The van der Waals surface area contributed by atoms with Crippen LogP contribution in [0.3, 0.4) is 0 Å². The standard InChI is InChI=1S/C30H29F3N2O4/c1-2-39-27(37)9-5-8-26(36)35-17-16-20-18-21(12-15-24(20)29(35)34)28(38)25-7-4-3-6-23(25)19-10-13-22(14-11-19)30(31,32)33/h3-4,6-7,10-15,18,29H,2,5,8-9,16-17,34H2,1H3. The second kappa shape index (κ2) is 11.8. The van der Waals surface area contributed by atoms with Gasteiger partial charge in [-0.05, 0) is 60.2 Å². The van der Waals surface area contributed by atoms with Crippen LogP contribution in [0.25, 0.3) is 11.1 Å². The summed E-state index contributed by atoms with van der Waals surface area (Å²) in [5, 5.41) is 0. The van der Waals surface area contributed by atoms with Crippen LogP contribution in [0, 0.1) is 0 Å². The number of nitrogens with zero attached hydrogens (tertiary/aromatic N) is 1. The van der Waals surface area contributed by atoms with E-state index < -0.39 is 17.9 Å². The maximum absolute atomic E-state index is 13.5. The van der Waals surface area contributed by atoms with E-state index in [0.717, 1.165) is 23.3 Å². The third-order valence-electron chi connectivity index (χ3n) is 6.77. The van der Waals surface area contributed by atoms with E-state index in [0.29, 0.717) is 48.2 Å². The highest BCUT2D eigenvalue weighted by Gasteiger charge is 2.31. The van der Waals surface area contributed by atoms with Crippen molar-refractivity contribution in [2.45, 2.75) is 44.9 Å². The lowest BCUT2D eigenvalue weighted by Gasteiger charge is -2.35. The van der Waals surface area contributed by atoms with Gasteiger partial charge >= 0.3 is 12.1 Å². The Morgan fingerprint density at radius 1 is 1.00 bits per heavy atom. The van der Waals surface area contributed by atoms with Gasteiger partial charge in [0.15, 0.2) is 5.78 Å². The van der Waals surface area contributed by atoms with Gasteiger partial charge in [-0.25, -0.2) is 0 Å². The SMILES string of the molecule is CCOC(=O)CCCC(=O)N1CCc2cc(C(=O)c3ccccc3-c3ccc(C(F)(F)F)cc3)ccc2C1N. The Kier molecular flexibility index (Phi) is 8.50. The number of ketones is 1. The average molecular weight is 539 g/mol. The van der Waals surface area contributed by atoms with Gasteiger partial charge in [0, 0.05) is 30.5 Å². The van der Waals surface area contributed by atoms with Gasteiger partial charge in [-0.2, -0.15) is 13.2 Å². The number of nitrogens with two attached hydrogens (primary N) is 1. The molecular formula is C30H29F3N2O4. The molecule has 1 unspecified atom stereocenters. The first-order valence-electron chi connectivity index (χ1n) is 12.7. The van der Waals surface area contributed by atoms with Gasteiger partial charge in [0.1, 0.15) is 6.17 Å². The largest absolute Gasteiger partial charge is 0.466 e. The summed E-state index contributed by atoms with van der Waals surface area (Å²) in [6, 6.07) is 16.7. The van der Waals surface area contributed by atoms with Gasteiger partial charge < -0.3 is 15.4 Å². The van der Waals surface area contributed by atoms with Crippen molar-refractivity contribution in [2.24, 2.45) is 5.73 Å². The number of carbonyl (C=O) groups is 3. The zero-order valence-corrected chi connectivity index (χ0v) is 21.5. The van der Waals surface area contributed by atoms with Crippen molar-refractivity contribution in [3.05, 3.63) is 94.5 Å². The van der Waals surface area contributed by atoms with Crippen molar-refractivity contribution in [2.75, 3.05) is 13.2 Å². The summed E-state index contributed by atoms with van der Waals surface area (Å²) < 4.78 is 43.9. The zero-order valence-electron chi connectivity index (χ0n) is 21.5. The summed E-state index contributed by atoms with van der Waals surface area (Å²) >= 11 is 0. The molecule has 3 aromatic rings. The van der Waals surface area contributed by atoms with Crippen LogP contribution in [0.2, 0.25) is 0 Å². The van der Waals surface area contributed by atoms with Crippen molar-refractivity contribution in [1.82, 2.24) is 4.90 Å². The Morgan fingerprint density at radius 3 is 2.41 bits per heavy atom. The molecular weight excluding hydrogens is 509 g/mol. The van der Waals surface area contributed by atoms with Crippen LogP contribution in [0.1, 0.15) is 65.0 Å². The molecule has 1 aliphatic rings. The van der Waals surface area contributed by atoms with Crippen molar-refractivity contribution in [1.29, 1.82) is 0 Å². The van der Waals surface area contributed by atoms with E-state index in [1.165, 1.54) is 12.1 Å². The van der Waals surface area contributed by atoms with Crippen molar-refractivity contribution >= 4 is 17.7 Å². The van der Waals surface area contributed by atoms with Gasteiger partial charge in [0.2, 0.25) is 5.91 Å². The lowest BCUT2D eigenvalue weighted by molar-refractivity contribution is -0.143. The summed E-state index contributed by atoms with van der Waals surface area (Å²) in [5.41, 5.74) is 9.08. The number of carbonyl (C=O) groups excluding carboxylic acids is 3. The molecule has 1 amide bonds. The third-order valence-corrected chi connectivity index (χ3v) is 6.77. The average Bonchev–Trinajstić information content (AvgIpc) is 2.92. The molecule has 204 valence electrons. The molecule has 0 saturated carbocycles. The number of hydrogen-bond donors (Lipinski definition) is 1. The minimum absolute atomic E-state index is 0.150. The second-order valence-electron chi connectivity index (χ2n) is 9.30. The number of amides is 1. The smallest absolute Gasteiger partial charge is 0.416 e. The number of esters is 1. The highest BCUT2D eigenvalue weighted by atomic mass is 19.4. The Morgan fingerprint density at radius 2 is 1.72 bits per heavy atom. The Bertz CT molecular complexity index is 1370. The Labute approximate surface area is 224 Å². The van der Waals surface area contributed by atoms with Crippen LogP contribution >= 0.6 is 0 Å². The molecule has 39 heavy (non-hydrogen) atoms.